The number of aromatic nitrogens is 2. The fraction of sp³-hybridized carbons (Fsp3) is 0.0323. The van der Waals surface area contributed by atoms with Gasteiger partial charge in [0.15, 0.2) is 11.6 Å². The number of H-pyrrole nitrogens is 1. The molecule has 0 radical (unpaired) electrons. The van der Waals surface area contributed by atoms with Crippen LogP contribution < -0.4 is 0 Å². The van der Waals surface area contributed by atoms with Crippen LogP contribution in [0, 0.1) is 6.92 Å². The van der Waals surface area contributed by atoms with Gasteiger partial charge in [-0.2, -0.15) is 0 Å². The molecule has 6 rings (SSSR count). The molecule has 1 aliphatic carbocycles. The highest BCUT2D eigenvalue weighted by Crippen LogP contribution is 2.35. The van der Waals surface area contributed by atoms with Gasteiger partial charge in [-0.3, -0.25) is 19.2 Å². The van der Waals surface area contributed by atoms with Crippen molar-refractivity contribution < 1.29 is 27.6 Å². The van der Waals surface area contributed by atoms with Crippen LogP contribution in [0.4, 0.5) is 0 Å². The zero-order valence-corrected chi connectivity index (χ0v) is 21.9. The molecule has 0 saturated heterocycles. The van der Waals surface area contributed by atoms with Crippen LogP contribution in [0.15, 0.2) is 102 Å². The van der Waals surface area contributed by atoms with E-state index < -0.39 is 33.2 Å². The highest BCUT2D eigenvalue weighted by molar-refractivity contribution is 7.90. The molecule has 0 spiro atoms. The van der Waals surface area contributed by atoms with E-state index in [9.17, 15) is 27.6 Å². The number of nitrogens with zero attached hydrogens (tertiary/aromatic N) is 1. The average molecular weight is 549 g/mol. The van der Waals surface area contributed by atoms with Gasteiger partial charge < -0.3 is 4.98 Å². The van der Waals surface area contributed by atoms with Crippen LogP contribution in [0.2, 0.25) is 0 Å². The number of nitrogens with one attached hydrogen (secondary N) is 1. The summed E-state index contributed by atoms with van der Waals surface area (Å²) < 4.78 is 27.7. The second-order valence-electron chi connectivity index (χ2n) is 9.37. The number of benzene rings is 3. The number of aromatic amines is 1. The summed E-state index contributed by atoms with van der Waals surface area (Å²) >= 11 is 0. The van der Waals surface area contributed by atoms with Crippen molar-refractivity contribution in [2.75, 3.05) is 0 Å². The van der Waals surface area contributed by atoms with Gasteiger partial charge in [0.05, 0.1) is 27.3 Å². The Bertz CT molecular complexity index is 1970. The monoisotopic (exact) mass is 548 g/mol. The largest absolute Gasteiger partial charge is 0.348 e. The number of hydrogen-bond donors (Lipinski definition) is 1. The van der Waals surface area contributed by atoms with Gasteiger partial charge in [0.25, 0.3) is 10.0 Å². The molecule has 9 heteroatoms. The van der Waals surface area contributed by atoms with E-state index in [0.29, 0.717) is 0 Å². The van der Waals surface area contributed by atoms with Gasteiger partial charge in [-0.05, 0) is 25.1 Å². The number of rotatable bonds is 6. The SMILES string of the molecule is Cc1ccc(S(=O)(=O)n2ccc3c2C(=O)c2[nH]c(C(=O)c4ccccc4)c(C(=O)c4ccccc4)c2C3=O)cc1. The Morgan fingerprint density at radius 2 is 1.30 bits per heavy atom. The molecular weight excluding hydrogens is 528 g/mol. The van der Waals surface area contributed by atoms with Crippen molar-refractivity contribution >= 4 is 33.2 Å². The van der Waals surface area contributed by atoms with E-state index in [1.165, 1.54) is 18.2 Å². The maximum absolute atomic E-state index is 13.9. The predicted molar refractivity (Wildman–Crippen MR) is 146 cm³/mol. The molecule has 0 amide bonds. The third-order valence-corrected chi connectivity index (χ3v) is 8.56. The fourth-order valence-corrected chi connectivity index (χ4v) is 6.21. The minimum Gasteiger partial charge on any atom is -0.348 e. The van der Waals surface area contributed by atoms with Crippen molar-refractivity contribution in [2.45, 2.75) is 11.8 Å². The molecule has 40 heavy (non-hydrogen) atoms. The highest BCUT2D eigenvalue weighted by atomic mass is 32.2. The number of hydrogen-bond acceptors (Lipinski definition) is 6. The van der Waals surface area contributed by atoms with Crippen molar-refractivity contribution in [1.82, 2.24) is 8.96 Å². The van der Waals surface area contributed by atoms with Crippen LogP contribution in [0.1, 0.15) is 69.6 Å². The lowest BCUT2D eigenvalue weighted by Crippen LogP contribution is -2.26. The minimum atomic E-state index is -4.24. The maximum atomic E-state index is 13.9. The number of carbonyl (C=O) groups excluding carboxylic acids is 4. The van der Waals surface area contributed by atoms with E-state index in [2.05, 4.69) is 4.98 Å². The molecule has 2 heterocycles. The van der Waals surface area contributed by atoms with Crippen molar-refractivity contribution in [3.8, 4) is 0 Å². The normalized spacial score (nSPS) is 12.6. The Labute approximate surface area is 229 Å². The predicted octanol–water partition coefficient (Wildman–Crippen LogP) is 4.60. The van der Waals surface area contributed by atoms with Crippen molar-refractivity contribution in [3.63, 3.8) is 0 Å². The van der Waals surface area contributed by atoms with E-state index in [0.717, 1.165) is 15.7 Å². The van der Waals surface area contributed by atoms with Gasteiger partial charge >= 0.3 is 0 Å². The van der Waals surface area contributed by atoms with Gasteiger partial charge in [0.2, 0.25) is 11.6 Å². The summed E-state index contributed by atoms with van der Waals surface area (Å²) in [4.78, 5) is 57.7. The third-order valence-electron chi connectivity index (χ3n) is 6.87. The first-order chi connectivity index (χ1) is 19.2. The van der Waals surface area contributed by atoms with Crippen molar-refractivity contribution in [3.05, 3.63) is 148 Å². The molecule has 196 valence electrons. The highest BCUT2D eigenvalue weighted by Gasteiger charge is 2.42. The summed E-state index contributed by atoms with van der Waals surface area (Å²) in [7, 11) is -4.24. The second-order valence-corrected chi connectivity index (χ2v) is 11.2. The Morgan fingerprint density at radius 3 is 1.90 bits per heavy atom. The first-order valence-corrected chi connectivity index (χ1v) is 13.7. The third kappa shape index (κ3) is 3.78. The van der Waals surface area contributed by atoms with Gasteiger partial charge in [0.1, 0.15) is 11.4 Å². The smallest absolute Gasteiger partial charge is 0.268 e. The average Bonchev–Trinajstić information content (AvgIpc) is 3.61. The van der Waals surface area contributed by atoms with Gasteiger partial charge in [0, 0.05) is 17.3 Å². The van der Waals surface area contributed by atoms with E-state index in [1.807, 2.05) is 6.92 Å². The topological polar surface area (TPSA) is 123 Å². The molecule has 8 nitrogen and oxygen atoms in total. The first kappa shape index (κ1) is 25.1. The molecule has 1 aliphatic rings. The minimum absolute atomic E-state index is 0.0612. The summed E-state index contributed by atoms with van der Waals surface area (Å²) in [5.74, 6) is -2.76. The zero-order chi connectivity index (χ0) is 28.2. The zero-order valence-electron chi connectivity index (χ0n) is 21.0. The Morgan fingerprint density at radius 1 is 0.725 bits per heavy atom. The molecule has 0 unspecified atom stereocenters. The van der Waals surface area contributed by atoms with Crippen molar-refractivity contribution in [1.29, 1.82) is 0 Å². The molecule has 2 aromatic heterocycles. The van der Waals surface area contributed by atoms with Gasteiger partial charge in [-0.1, -0.05) is 78.4 Å². The number of ketones is 4. The molecular formula is C31H20N2O6S. The van der Waals surface area contributed by atoms with Crippen LogP contribution >= 0.6 is 0 Å². The van der Waals surface area contributed by atoms with Crippen molar-refractivity contribution in [2.24, 2.45) is 0 Å². The first-order valence-electron chi connectivity index (χ1n) is 12.3. The summed E-state index contributed by atoms with van der Waals surface area (Å²) in [5.41, 5.74) is -0.236. The summed E-state index contributed by atoms with van der Waals surface area (Å²) in [6.07, 6.45) is 1.15. The molecule has 5 aromatic rings. The summed E-state index contributed by atoms with van der Waals surface area (Å²) in [6, 6.07) is 23.6. The molecule has 3 aromatic carbocycles. The molecule has 1 N–H and O–H groups in total. The lowest BCUT2D eigenvalue weighted by atomic mass is 9.87. The molecule has 0 saturated carbocycles. The molecule has 0 bridgehead atoms. The Balaban J connectivity index is 1.56. The standard InChI is InChI=1S/C31H20N2O6S/c1-18-12-14-21(15-13-18)40(38,39)33-17-16-22-27(33)31(37)26-24(30(22)36)23(28(34)19-8-4-2-5-9-19)25(32-26)29(35)20-10-6-3-7-11-20/h2-17,32H,1H3. The van der Waals surface area contributed by atoms with E-state index in [4.69, 9.17) is 0 Å². The second kappa shape index (κ2) is 9.25. The summed E-state index contributed by atoms with van der Waals surface area (Å²) in [5, 5.41) is 0. The van der Waals surface area contributed by atoms with E-state index >= 15 is 0 Å². The number of carbonyl (C=O) groups is 4. The lowest BCUT2D eigenvalue weighted by Gasteiger charge is -2.16. The van der Waals surface area contributed by atoms with E-state index in [-0.39, 0.29) is 49.8 Å². The molecule has 0 atom stereocenters. The van der Waals surface area contributed by atoms with Crippen LogP contribution in [0.3, 0.4) is 0 Å². The number of aryl methyl sites for hydroxylation is 1. The van der Waals surface area contributed by atoms with Crippen LogP contribution in [0.5, 0.6) is 0 Å². The summed E-state index contributed by atoms with van der Waals surface area (Å²) in [6.45, 7) is 1.81. The Hall–Kier alpha value is -5.15. The van der Waals surface area contributed by atoms with Gasteiger partial charge in [-0.25, -0.2) is 12.4 Å². The Kier molecular flexibility index (Phi) is 5.81. The van der Waals surface area contributed by atoms with Crippen LogP contribution in [0.25, 0.3) is 0 Å². The molecule has 0 fully saturated rings. The van der Waals surface area contributed by atoms with Crippen LogP contribution in [-0.2, 0) is 10.0 Å². The number of fused-ring (bicyclic) bond motifs is 2. The van der Waals surface area contributed by atoms with E-state index in [1.54, 1.807) is 72.8 Å². The van der Waals surface area contributed by atoms with Gasteiger partial charge in [-0.15, -0.1) is 0 Å². The maximum Gasteiger partial charge on any atom is 0.268 e. The fourth-order valence-electron chi connectivity index (χ4n) is 4.86. The quantitative estimate of drug-likeness (QED) is 0.304. The van der Waals surface area contributed by atoms with Crippen LogP contribution in [-0.4, -0.2) is 40.5 Å². The lowest BCUT2D eigenvalue weighted by molar-refractivity contribution is 0.0968. The molecule has 0 aliphatic heterocycles.